The molecule has 0 unspecified atom stereocenters. The summed E-state index contributed by atoms with van der Waals surface area (Å²) < 4.78 is 7.58. The number of fused-ring (bicyclic) bond motifs is 3. The smallest absolute Gasteiger partial charge is 0.268 e. The molecule has 0 radical (unpaired) electrons. The van der Waals surface area contributed by atoms with Gasteiger partial charge in [-0.3, -0.25) is 4.79 Å². The molecule has 1 N–H and O–H groups in total. The van der Waals surface area contributed by atoms with Crippen LogP contribution in [-0.2, 0) is 17.8 Å². The van der Waals surface area contributed by atoms with Crippen molar-refractivity contribution in [1.29, 1.82) is 0 Å². The number of aryl methyl sites for hydroxylation is 1. The number of rotatable bonds is 4. The first kappa shape index (κ1) is 20.6. The molecule has 0 amide bonds. The van der Waals surface area contributed by atoms with Gasteiger partial charge in [-0.05, 0) is 44.0 Å². The molecule has 0 bridgehead atoms. The van der Waals surface area contributed by atoms with Gasteiger partial charge in [0.05, 0.1) is 29.5 Å². The van der Waals surface area contributed by atoms with Crippen molar-refractivity contribution in [1.82, 2.24) is 9.55 Å². The number of hydrazone groups is 1. The van der Waals surface area contributed by atoms with Crippen molar-refractivity contribution in [3.8, 4) is 5.69 Å². The molecule has 0 saturated carbocycles. The molecule has 0 spiro atoms. The monoisotopic (exact) mass is 444 g/mol. The summed E-state index contributed by atoms with van der Waals surface area (Å²) in [4.78, 5) is 20.4. The summed E-state index contributed by atoms with van der Waals surface area (Å²) >= 11 is 1.52. The molecule has 32 heavy (non-hydrogen) atoms. The van der Waals surface area contributed by atoms with Crippen LogP contribution < -0.4 is 11.0 Å². The third kappa shape index (κ3) is 3.85. The highest BCUT2D eigenvalue weighted by Crippen LogP contribution is 2.37. The molecule has 3 heterocycles. The number of thiophene rings is 1. The third-order valence-corrected chi connectivity index (χ3v) is 6.67. The number of nitrogens with one attached hydrogen (secondary N) is 1. The van der Waals surface area contributed by atoms with Crippen LogP contribution in [0.4, 0.5) is 5.95 Å². The van der Waals surface area contributed by atoms with Gasteiger partial charge in [-0.15, -0.1) is 11.3 Å². The van der Waals surface area contributed by atoms with Crippen LogP contribution in [0.5, 0.6) is 0 Å². The van der Waals surface area contributed by atoms with E-state index in [4.69, 9.17) is 9.72 Å². The molecular weight excluding hydrogens is 420 g/mol. The summed E-state index contributed by atoms with van der Waals surface area (Å²) in [6.07, 6.45) is 2.40. The number of benzene rings is 2. The number of nitrogens with zero attached hydrogens (tertiary/aromatic N) is 3. The Labute approximate surface area is 190 Å². The lowest BCUT2D eigenvalue weighted by molar-refractivity contribution is -0.0379. The number of aromatic nitrogens is 2. The topological polar surface area (TPSA) is 68.5 Å². The molecule has 0 saturated heterocycles. The van der Waals surface area contributed by atoms with Crippen molar-refractivity contribution >= 4 is 33.7 Å². The van der Waals surface area contributed by atoms with Gasteiger partial charge in [-0.2, -0.15) is 5.10 Å². The highest BCUT2D eigenvalue weighted by Gasteiger charge is 2.31. The number of ether oxygens (including phenoxy) is 1. The van der Waals surface area contributed by atoms with E-state index in [0.717, 1.165) is 27.3 Å². The second-order valence-electron chi connectivity index (χ2n) is 8.60. The van der Waals surface area contributed by atoms with Crippen LogP contribution in [0.1, 0.15) is 35.4 Å². The zero-order valence-electron chi connectivity index (χ0n) is 18.3. The lowest BCUT2D eigenvalue weighted by atomic mass is 9.94. The van der Waals surface area contributed by atoms with E-state index in [-0.39, 0.29) is 11.2 Å². The molecule has 2 aromatic heterocycles. The molecule has 1 aliphatic rings. The van der Waals surface area contributed by atoms with Gasteiger partial charge < -0.3 is 4.74 Å². The fourth-order valence-corrected chi connectivity index (χ4v) is 5.00. The molecule has 5 rings (SSSR count). The van der Waals surface area contributed by atoms with E-state index >= 15 is 0 Å². The van der Waals surface area contributed by atoms with Crippen LogP contribution in [0, 0.1) is 6.92 Å². The summed E-state index contributed by atoms with van der Waals surface area (Å²) in [5, 5.41) is 5.03. The summed E-state index contributed by atoms with van der Waals surface area (Å²) in [5.74, 6) is 0.386. The van der Waals surface area contributed by atoms with E-state index in [2.05, 4.69) is 24.4 Å². The summed E-state index contributed by atoms with van der Waals surface area (Å²) in [5.41, 5.74) is 6.49. The largest absolute Gasteiger partial charge is 0.370 e. The molecule has 162 valence electrons. The Morgan fingerprint density at radius 2 is 1.91 bits per heavy atom. The number of hydrogen-bond donors (Lipinski definition) is 1. The molecule has 0 fully saturated rings. The Morgan fingerprint density at radius 1 is 1.16 bits per heavy atom. The minimum atomic E-state index is -0.307. The van der Waals surface area contributed by atoms with E-state index in [1.807, 2.05) is 61.5 Å². The Morgan fingerprint density at radius 3 is 2.66 bits per heavy atom. The minimum absolute atomic E-state index is 0.0912. The maximum absolute atomic E-state index is 13.8. The maximum Gasteiger partial charge on any atom is 0.268 e. The van der Waals surface area contributed by atoms with Crippen molar-refractivity contribution in [2.45, 2.75) is 39.4 Å². The van der Waals surface area contributed by atoms with Crippen LogP contribution in [0.3, 0.4) is 0 Å². The fraction of sp³-hybridized carbons (Fsp3) is 0.240. The van der Waals surface area contributed by atoms with Gasteiger partial charge in [0, 0.05) is 11.3 Å². The average Bonchev–Trinajstić information content (AvgIpc) is 3.12. The van der Waals surface area contributed by atoms with Crippen LogP contribution in [0.2, 0.25) is 0 Å². The van der Waals surface area contributed by atoms with Gasteiger partial charge in [-0.1, -0.05) is 48.0 Å². The van der Waals surface area contributed by atoms with E-state index in [1.165, 1.54) is 11.3 Å². The predicted octanol–water partition coefficient (Wildman–Crippen LogP) is 5.05. The van der Waals surface area contributed by atoms with Gasteiger partial charge in [-0.25, -0.2) is 15.0 Å². The predicted molar refractivity (Wildman–Crippen MR) is 130 cm³/mol. The highest BCUT2D eigenvalue weighted by atomic mass is 32.1. The van der Waals surface area contributed by atoms with Crippen LogP contribution in [0.25, 0.3) is 15.9 Å². The summed E-state index contributed by atoms with van der Waals surface area (Å²) in [7, 11) is 0. The van der Waals surface area contributed by atoms with Crippen molar-refractivity contribution in [2.24, 2.45) is 5.10 Å². The summed E-state index contributed by atoms with van der Waals surface area (Å²) in [6, 6.07) is 17.6. The van der Waals surface area contributed by atoms with Gasteiger partial charge in [0.15, 0.2) is 0 Å². The Hall–Kier alpha value is -3.29. The van der Waals surface area contributed by atoms with Gasteiger partial charge in [0.1, 0.15) is 4.83 Å². The quantitative estimate of drug-likeness (QED) is 0.353. The Balaban J connectivity index is 1.66. The first-order valence-electron chi connectivity index (χ1n) is 10.5. The van der Waals surface area contributed by atoms with Gasteiger partial charge >= 0.3 is 0 Å². The minimum Gasteiger partial charge on any atom is -0.370 e. The SMILES string of the molecule is Cc1ccc(-n2c(NN=Cc3ccccc3)nc3sc4c(c3c2=O)CC(C)(C)OC4)cc1. The molecule has 1 aliphatic heterocycles. The molecule has 6 nitrogen and oxygen atoms in total. The van der Waals surface area contributed by atoms with Gasteiger partial charge in [0.2, 0.25) is 5.95 Å². The van der Waals surface area contributed by atoms with Crippen molar-refractivity contribution in [3.05, 3.63) is 86.5 Å². The zero-order chi connectivity index (χ0) is 22.3. The molecule has 2 aromatic carbocycles. The molecule has 0 atom stereocenters. The van der Waals surface area contributed by atoms with Crippen LogP contribution in [-0.4, -0.2) is 21.4 Å². The third-order valence-electron chi connectivity index (χ3n) is 5.57. The zero-order valence-corrected chi connectivity index (χ0v) is 19.1. The van der Waals surface area contributed by atoms with E-state index in [9.17, 15) is 4.79 Å². The van der Waals surface area contributed by atoms with Crippen LogP contribution in [0.15, 0.2) is 64.5 Å². The average molecular weight is 445 g/mol. The number of anilines is 1. The second-order valence-corrected chi connectivity index (χ2v) is 9.68. The van der Waals surface area contributed by atoms with E-state index in [1.54, 1.807) is 10.8 Å². The normalized spacial score (nSPS) is 15.2. The molecule has 7 heteroatoms. The molecular formula is C25H24N4O2S. The molecule has 0 aliphatic carbocycles. The van der Waals surface area contributed by atoms with E-state index in [0.29, 0.717) is 29.2 Å². The summed E-state index contributed by atoms with van der Waals surface area (Å²) in [6.45, 7) is 6.64. The lowest BCUT2D eigenvalue weighted by Crippen LogP contribution is -2.32. The Kier molecular flexibility index (Phi) is 5.15. The first-order valence-corrected chi connectivity index (χ1v) is 11.4. The van der Waals surface area contributed by atoms with Crippen LogP contribution >= 0.6 is 11.3 Å². The molecule has 4 aromatic rings. The fourth-order valence-electron chi connectivity index (χ4n) is 3.90. The van der Waals surface area contributed by atoms with E-state index < -0.39 is 0 Å². The Bertz CT molecular complexity index is 1370. The second kappa shape index (κ2) is 8.00. The number of hydrogen-bond acceptors (Lipinski definition) is 6. The van der Waals surface area contributed by atoms with Crippen molar-refractivity contribution in [3.63, 3.8) is 0 Å². The highest BCUT2D eigenvalue weighted by molar-refractivity contribution is 7.18. The van der Waals surface area contributed by atoms with Crippen molar-refractivity contribution in [2.75, 3.05) is 5.43 Å². The first-order chi connectivity index (χ1) is 15.4. The maximum atomic E-state index is 13.8. The standard InChI is InChI=1S/C25H24N4O2S/c1-16-9-11-18(12-10-16)29-23(30)21-19-13-25(2,3)31-15-20(19)32-22(21)27-24(29)28-26-14-17-7-5-4-6-8-17/h4-12,14H,13,15H2,1-3H3,(H,27,28). The van der Waals surface area contributed by atoms with Gasteiger partial charge in [0.25, 0.3) is 5.56 Å². The lowest BCUT2D eigenvalue weighted by Gasteiger charge is -2.29. The van der Waals surface area contributed by atoms with Crippen molar-refractivity contribution < 1.29 is 4.74 Å².